The van der Waals surface area contributed by atoms with E-state index in [1.54, 1.807) is 12.1 Å². The minimum atomic E-state index is -0.259. The van der Waals surface area contributed by atoms with Crippen LogP contribution in [0.2, 0.25) is 0 Å². The molecule has 0 unspecified atom stereocenters. The molecule has 1 aromatic carbocycles. The van der Waals surface area contributed by atoms with Gasteiger partial charge < -0.3 is 10.1 Å². The molecule has 1 atom stereocenters. The molecule has 0 aliphatic carbocycles. The van der Waals surface area contributed by atoms with Crippen molar-refractivity contribution in [3.8, 4) is 5.75 Å². The van der Waals surface area contributed by atoms with Crippen molar-refractivity contribution < 1.29 is 9.13 Å². The first-order chi connectivity index (χ1) is 10.3. The highest BCUT2D eigenvalue weighted by Crippen LogP contribution is 2.30. The Labute approximate surface area is 151 Å². The zero-order valence-electron chi connectivity index (χ0n) is 14.0. The third-order valence-corrected chi connectivity index (χ3v) is 4.23. The summed E-state index contributed by atoms with van der Waals surface area (Å²) in [6.07, 6.45) is 4.74. The Kier molecular flexibility index (Phi) is 11.6. The average Bonchev–Trinajstić information content (AvgIpc) is 2.52. The molecule has 2 rings (SSSR count). The molecule has 1 N–H and O–H groups in total. The molecule has 0 bridgehead atoms. The second-order valence-corrected chi connectivity index (χ2v) is 5.69. The van der Waals surface area contributed by atoms with E-state index in [0.717, 1.165) is 38.2 Å². The Morgan fingerprint density at radius 2 is 1.91 bits per heavy atom. The van der Waals surface area contributed by atoms with Crippen molar-refractivity contribution in [2.24, 2.45) is 0 Å². The van der Waals surface area contributed by atoms with Crippen molar-refractivity contribution in [1.29, 1.82) is 0 Å². The normalized spacial score (nSPS) is 16.1. The summed E-state index contributed by atoms with van der Waals surface area (Å²) in [6, 6.07) is 5.73. The van der Waals surface area contributed by atoms with Gasteiger partial charge in [-0.1, -0.05) is 32.3 Å². The van der Waals surface area contributed by atoms with E-state index in [1.807, 2.05) is 6.07 Å². The van der Waals surface area contributed by atoms with Gasteiger partial charge in [0, 0.05) is 32.2 Å². The van der Waals surface area contributed by atoms with Gasteiger partial charge in [0.2, 0.25) is 0 Å². The van der Waals surface area contributed by atoms with Gasteiger partial charge in [-0.2, -0.15) is 0 Å². The fourth-order valence-electron chi connectivity index (χ4n) is 3.03. The lowest BCUT2D eigenvalue weighted by Crippen LogP contribution is -2.45. The van der Waals surface area contributed by atoms with Crippen molar-refractivity contribution >= 4 is 24.8 Å². The molecule has 3 nitrogen and oxygen atoms in total. The minimum Gasteiger partial charge on any atom is -0.494 e. The van der Waals surface area contributed by atoms with Crippen LogP contribution in [-0.2, 0) is 0 Å². The number of methoxy groups -OCH3 is 1. The van der Waals surface area contributed by atoms with Crippen molar-refractivity contribution in [1.82, 2.24) is 10.2 Å². The molecule has 1 saturated heterocycles. The lowest BCUT2D eigenvalue weighted by molar-refractivity contribution is 0.162. The largest absolute Gasteiger partial charge is 0.494 e. The van der Waals surface area contributed by atoms with Gasteiger partial charge in [0.25, 0.3) is 0 Å². The van der Waals surface area contributed by atoms with Crippen LogP contribution in [0.1, 0.15) is 44.2 Å². The highest BCUT2D eigenvalue weighted by atomic mass is 35.5. The number of nitrogens with zero attached hydrogens (tertiary/aromatic N) is 1. The molecule has 0 spiro atoms. The lowest BCUT2D eigenvalue weighted by Gasteiger charge is -2.35. The number of halogens is 3. The van der Waals surface area contributed by atoms with E-state index < -0.39 is 0 Å². The summed E-state index contributed by atoms with van der Waals surface area (Å²) in [5.74, 6) is 0.0667. The maximum atomic E-state index is 14.0. The highest BCUT2D eigenvalue weighted by molar-refractivity contribution is 5.85. The average molecular weight is 367 g/mol. The van der Waals surface area contributed by atoms with Crippen LogP contribution in [0, 0.1) is 5.82 Å². The van der Waals surface area contributed by atoms with Crippen molar-refractivity contribution in [2.75, 3.05) is 33.3 Å². The summed E-state index contributed by atoms with van der Waals surface area (Å²) < 4.78 is 19.0. The molecule has 6 heteroatoms. The van der Waals surface area contributed by atoms with Crippen LogP contribution in [-0.4, -0.2) is 38.2 Å². The molecule has 0 saturated carbocycles. The third kappa shape index (κ3) is 6.46. The van der Waals surface area contributed by atoms with Crippen LogP contribution in [0.3, 0.4) is 0 Å². The van der Waals surface area contributed by atoms with E-state index >= 15 is 0 Å². The molecule has 134 valence electrons. The Morgan fingerprint density at radius 1 is 1.22 bits per heavy atom. The van der Waals surface area contributed by atoms with E-state index in [9.17, 15) is 4.39 Å². The smallest absolute Gasteiger partial charge is 0.165 e. The summed E-state index contributed by atoms with van der Waals surface area (Å²) in [4.78, 5) is 2.48. The number of hydrogen-bond donors (Lipinski definition) is 1. The summed E-state index contributed by atoms with van der Waals surface area (Å²) in [6.45, 7) is 6.31. The Balaban J connectivity index is 0.00000242. The summed E-state index contributed by atoms with van der Waals surface area (Å²) in [7, 11) is 1.51. The Morgan fingerprint density at radius 3 is 2.48 bits per heavy atom. The van der Waals surface area contributed by atoms with E-state index in [2.05, 4.69) is 17.1 Å². The minimum absolute atomic E-state index is 0. The molecule has 1 aliphatic rings. The molecule has 1 aromatic rings. The standard InChI is InChI=1S/C17H27FN2O.2ClH/c1-3-4-5-6-16(20-11-9-19-10-12-20)14-7-8-17(21-2)15(18)13-14;;/h7-8,13,16,19H,3-6,9-12H2,1-2H3;2*1H/t16-;;/m0../s1. The second kappa shape index (κ2) is 11.9. The fraction of sp³-hybridized carbons (Fsp3) is 0.647. The monoisotopic (exact) mass is 366 g/mol. The van der Waals surface area contributed by atoms with Crippen molar-refractivity contribution in [3.63, 3.8) is 0 Å². The second-order valence-electron chi connectivity index (χ2n) is 5.69. The van der Waals surface area contributed by atoms with E-state index in [1.165, 1.54) is 26.4 Å². The van der Waals surface area contributed by atoms with Gasteiger partial charge in [-0.3, -0.25) is 4.90 Å². The van der Waals surface area contributed by atoms with Crippen LogP contribution in [0.5, 0.6) is 5.75 Å². The third-order valence-electron chi connectivity index (χ3n) is 4.23. The van der Waals surface area contributed by atoms with Gasteiger partial charge >= 0.3 is 0 Å². The number of benzene rings is 1. The lowest BCUT2D eigenvalue weighted by atomic mass is 9.98. The molecule has 0 radical (unpaired) electrons. The highest BCUT2D eigenvalue weighted by Gasteiger charge is 2.22. The van der Waals surface area contributed by atoms with Crippen molar-refractivity contribution in [2.45, 2.75) is 38.6 Å². The maximum Gasteiger partial charge on any atom is 0.165 e. The zero-order chi connectivity index (χ0) is 15.1. The van der Waals surface area contributed by atoms with Crippen LogP contribution < -0.4 is 10.1 Å². The summed E-state index contributed by atoms with van der Waals surface area (Å²) in [5, 5.41) is 3.38. The van der Waals surface area contributed by atoms with E-state index in [0.29, 0.717) is 11.8 Å². The predicted octanol–water partition coefficient (Wildman–Crippen LogP) is 4.20. The number of hydrogen-bond acceptors (Lipinski definition) is 3. The van der Waals surface area contributed by atoms with Crippen LogP contribution in [0.4, 0.5) is 4.39 Å². The quantitative estimate of drug-likeness (QED) is 0.731. The molecule has 1 heterocycles. The van der Waals surface area contributed by atoms with Gasteiger partial charge in [-0.05, 0) is 24.1 Å². The first-order valence-electron chi connectivity index (χ1n) is 8.04. The van der Waals surface area contributed by atoms with Crippen molar-refractivity contribution in [3.05, 3.63) is 29.6 Å². The molecular formula is C17H29Cl2FN2O. The molecule has 1 fully saturated rings. The van der Waals surface area contributed by atoms with Crippen LogP contribution in [0.25, 0.3) is 0 Å². The Hall–Kier alpha value is -0.550. The molecule has 1 aliphatic heterocycles. The molecular weight excluding hydrogens is 338 g/mol. The SMILES string of the molecule is CCCCC[C@@H](c1ccc(OC)c(F)c1)N1CCNCC1.Cl.Cl. The van der Waals surface area contributed by atoms with Crippen LogP contribution in [0.15, 0.2) is 18.2 Å². The Bertz CT molecular complexity index is 443. The van der Waals surface area contributed by atoms with Gasteiger partial charge in [-0.25, -0.2) is 4.39 Å². The zero-order valence-corrected chi connectivity index (χ0v) is 15.6. The van der Waals surface area contributed by atoms with Gasteiger partial charge in [0.05, 0.1) is 7.11 Å². The number of unbranched alkanes of at least 4 members (excludes halogenated alkanes) is 2. The number of ether oxygens (including phenoxy) is 1. The number of rotatable bonds is 7. The van der Waals surface area contributed by atoms with E-state index in [-0.39, 0.29) is 30.6 Å². The van der Waals surface area contributed by atoms with Gasteiger partial charge in [0.1, 0.15) is 0 Å². The van der Waals surface area contributed by atoms with Gasteiger partial charge in [0.15, 0.2) is 11.6 Å². The number of piperazine rings is 1. The van der Waals surface area contributed by atoms with Crippen LogP contribution >= 0.6 is 24.8 Å². The molecule has 0 aromatic heterocycles. The first kappa shape index (κ1) is 22.4. The number of nitrogens with one attached hydrogen (secondary N) is 1. The summed E-state index contributed by atoms with van der Waals surface area (Å²) in [5.41, 5.74) is 1.08. The maximum absolute atomic E-state index is 14.0. The predicted molar refractivity (Wildman–Crippen MR) is 98.8 cm³/mol. The molecule has 23 heavy (non-hydrogen) atoms. The summed E-state index contributed by atoms with van der Waals surface area (Å²) >= 11 is 0. The van der Waals surface area contributed by atoms with E-state index in [4.69, 9.17) is 4.74 Å². The fourth-order valence-corrected chi connectivity index (χ4v) is 3.03. The topological polar surface area (TPSA) is 24.5 Å². The molecule has 0 amide bonds. The first-order valence-corrected chi connectivity index (χ1v) is 8.04. The van der Waals surface area contributed by atoms with Gasteiger partial charge in [-0.15, -0.1) is 24.8 Å².